The van der Waals surface area contributed by atoms with Crippen molar-refractivity contribution in [2.24, 2.45) is 0 Å². The van der Waals surface area contributed by atoms with Crippen LogP contribution in [-0.4, -0.2) is 53.3 Å². The highest BCUT2D eigenvalue weighted by molar-refractivity contribution is 6.27. The molecule has 1 heterocycles. The highest BCUT2D eigenvalue weighted by Gasteiger charge is 2.10. The number of hydrogen-bond acceptors (Lipinski definition) is 5. The molecule has 2 aromatic carbocycles. The van der Waals surface area contributed by atoms with Crippen LogP contribution in [0, 0.1) is 0 Å². The molecule has 150 valence electrons. The van der Waals surface area contributed by atoms with Gasteiger partial charge in [0.15, 0.2) is 0 Å². The van der Waals surface area contributed by atoms with Crippen molar-refractivity contribution in [1.82, 2.24) is 4.90 Å². The van der Waals surface area contributed by atoms with E-state index in [1.807, 2.05) is 42.5 Å². The van der Waals surface area contributed by atoms with Gasteiger partial charge in [-0.2, -0.15) is 0 Å². The van der Waals surface area contributed by atoms with Crippen LogP contribution in [0.15, 0.2) is 54.6 Å². The lowest BCUT2D eigenvalue weighted by molar-refractivity contribution is -0.159. The largest absolute Gasteiger partial charge is 0.492 e. The number of carbonyl (C=O) groups is 2. The smallest absolute Gasteiger partial charge is 0.414 e. The van der Waals surface area contributed by atoms with Crippen molar-refractivity contribution in [3.8, 4) is 11.5 Å². The Kier molecular flexibility index (Phi) is 8.81. The van der Waals surface area contributed by atoms with Crippen molar-refractivity contribution in [2.75, 3.05) is 26.2 Å². The van der Waals surface area contributed by atoms with Crippen LogP contribution in [0.25, 0.3) is 0 Å². The standard InChI is InChI=1S/C19H23NO2.C2H2O4/c1-2-6-17(7-3-1)16-22-19-10-8-18(9-11-19)21-15-14-20-12-4-5-13-20;3-1(4)2(5)6/h1-3,6-11H,4-5,12-16H2;(H,3,4)(H,5,6). The molecule has 0 bridgehead atoms. The number of nitrogens with zero attached hydrogens (tertiary/aromatic N) is 1. The third-order valence-electron chi connectivity index (χ3n) is 4.13. The fourth-order valence-corrected chi connectivity index (χ4v) is 2.67. The molecule has 0 aliphatic carbocycles. The SMILES string of the molecule is O=C(O)C(=O)O.c1ccc(COc2ccc(OCCN3CCCC3)cc2)cc1. The minimum Gasteiger partial charge on any atom is -0.492 e. The molecule has 0 atom stereocenters. The van der Waals surface area contributed by atoms with E-state index in [-0.39, 0.29) is 0 Å². The summed E-state index contributed by atoms with van der Waals surface area (Å²) in [6.45, 7) is 4.80. The second-order valence-electron chi connectivity index (χ2n) is 6.25. The molecule has 7 nitrogen and oxygen atoms in total. The molecule has 28 heavy (non-hydrogen) atoms. The predicted molar refractivity (Wildman–Crippen MR) is 104 cm³/mol. The molecule has 0 aromatic heterocycles. The fraction of sp³-hybridized carbons (Fsp3) is 0.333. The van der Waals surface area contributed by atoms with Crippen molar-refractivity contribution in [3.05, 3.63) is 60.2 Å². The Labute approximate surface area is 164 Å². The van der Waals surface area contributed by atoms with Gasteiger partial charge in [0.2, 0.25) is 0 Å². The molecule has 1 aliphatic rings. The van der Waals surface area contributed by atoms with Gasteiger partial charge in [-0.1, -0.05) is 30.3 Å². The van der Waals surface area contributed by atoms with Crippen LogP contribution in [0.5, 0.6) is 11.5 Å². The summed E-state index contributed by atoms with van der Waals surface area (Å²) in [4.78, 5) is 20.7. The van der Waals surface area contributed by atoms with Crippen LogP contribution in [-0.2, 0) is 16.2 Å². The minimum atomic E-state index is -1.82. The molecule has 7 heteroatoms. The van der Waals surface area contributed by atoms with Crippen molar-refractivity contribution in [3.63, 3.8) is 0 Å². The van der Waals surface area contributed by atoms with Crippen molar-refractivity contribution >= 4 is 11.9 Å². The van der Waals surface area contributed by atoms with Gasteiger partial charge in [-0.25, -0.2) is 9.59 Å². The molecule has 0 amide bonds. The third-order valence-corrected chi connectivity index (χ3v) is 4.13. The number of rotatable bonds is 7. The average molecular weight is 387 g/mol. The molecule has 2 aromatic rings. The third kappa shape index (κ3) is 8.09. The van der Waals surface area contributed by atoms with Crippen LogP contribution in [0.3, 0.4) is 0 Å². The number of benzene rings is 2. The van der Waals surface area contributed by atoms with E-state index >= 15 is 0 Å². The Balaban J connectivity index is 0.000000409. The molecule has 1 aliphatic heterocycles. The van der Waals surface area contributed by atoms with Crippen LogP contribution < -0.4 is 9.47 Å². The molecule has 1 fully saturated rings. The van der Waals surface area contributed by atoms with Gasteiger partial charge in [-0.05, 0) is 55.8 Å². The predicted octanol–water partition coefficient (Wildman–Crippen LogP) is 2.90. The number of likely N-dealkylation sites (tertiary alicyclic amines) is 1. The van der Waals surface area contributed by atoms with Crippen LogP contribution >= 0.6 is 0 Å². The van der Waals surface area contributed by atoms with E-state index in [4.69, 9.17) is 29.3 Å². The van der Waals surface area contributed by atoms with E-state index in [9.17, 15) is 0 Å². The molecule has 2 N–H and O–H groups in total. The molecule has 0 unspecified atom stereocenters. The zero-order valence-electron chi connectivity index (χ0n) is 15.6. The summed E-state index contributed by atoms with van der Waals surface area (Å²) in [7, 11) is 0. The summed E-state index contributed by atoms with van der Waals surface area (Å²) in [5.41, 5.74) is 1.17. The molecule has 1 saturated heterocycles. The molecule has 0 spiro atoms. The first-order valence-electron chi connectivity index (χ1n) is 9.13. The highest BCUT2D eigenvalue weighted by Crippen LogP contribution is 2.19. The average Bonchev–Trinajstić information content (AvgIpc) is 3.22. The second-order valence-corrected chi connectivity index (χ2v) is 6.25. The van der Waals surface area contributed by atoms with Crippen molar-refractivity contribution in [2.45, 2.75) is 19.4 Å². The topological polar surface area (TPSA) is 96.3 Å². The van der Waals surface area contributed by atoms with Crippen molar-refractivity contribution < 1.29 is 29.3 Å². The van der Waals surface area contributed by atoms with Gasteiger partial charge in [-0.15, -0.1) is 0 Å². The molecular weight excluding hydrogens is 362 g/mol. The Bertz CT molecular complexity index is 714. The zero-order valence-corrected chi connectivity index (χ0v) is 15.6. The van der Waals surface area contributed by atoms with E-state index < -0.39 is 11.9 Å². The number of hydrogen-bond donors (Lipinski definition) is 2. The van der Waals surface area contributed by atoms with Gasteiger partial charge in [0, 0.05) is 6.54 Å². The van der Waals surface area contributed by atoms with Crippen molar-refractivity contribution in [1.29, 1.82) is 0 Å². The number of carboxylic acid groups (broad SMARTS) is 2. The Morgan fingerprint density at radius 2 is 1.36 bits per heavy atom. The zero-order chi connectivity index (χ0) is 20.2. The van der Waals surface area contributed by atoms with Gasteiger partial charge in [0.1, 0.15) is 24.7 Å². The number of aliphatic carboxylic acids is 2. The van der Waals surface area contributed by atoms with Crippen LogP contribution in [0.2, 0.25) is 0 Å². The second kappa shape index (κ2) is 11.6. The molecule has 3 rings (SSSR count). The highest BCUT2D eigenvalue weighted by atomic mass is 16.5. The summed E-state index contributed by atoms with van der Waals surface area (Å²) in [6.07, 6.45) is 2.65. The monoisotopic (exact) mass is 387 g/mol. The van der Waals surface area contributed by atoms with E-state index in [1.165, 1.54) is 31.5 Å². The summed E-state index contributed by atoms with van der Waals surface area (Å²) in [6, 6.07) is 18.1. The van der Waals surface area contributed by atoms with Crippen LogP contribution in [0.4, 0.5) is 0 Å². The normalized spacial score (nSPS) is 13.3. The first-order valence-corrected chi connectivity index (χ1v) is 9.13. The van der Waals surface area contributed by atoms with E-state index in [0.29, 0.717) is 6.61 Å². The number of ether oxygens (including phenoxy) is 2. The summed E-state index contributed by atoms with van der Waals surface area (Å²) in [5, 5.41) is 14.8. The van der Waals surface area contributed by atoms with E-state index in [0.717, 1.165) is 24.7 Å². The van der Waals surface area contributed by atoms with Gasteiger partial charge in [0.05, 0.1) is 0 Å². The lowest BCUT2D eigenvalue weighted by Gasteiger charge is -2.15. The Hall–Kier alpha value is -3.06. The lowest BCUT2D eigenvalue weighted by Crippen LogP contribution is -2.25. The van der Waals surface area contributed by atoms with Crippen LogP contribution in [0.1, 0.15) is 18.4 Å². The van der Waals surface area contributed by atoms with E-state index in [1.54, 1.807) is 0 Å². The first-order chi connectivity index (χ1) is 13.5. The Morgan fingerprint density at radius 1 is 0.821 bits per heavy atom. The number of carboxylic acids is 2. The molecule has 0 radical (unpaired) electrons. The van der Waals surface area contributed by atoms with Gasteiger partial charge < -0.3 is 19.7 Å². The maximum atomic E-state index is 9.10. The summed E-state index contributed by atoms with van der Waals surface area (Å²) >= 11 is 0. The van der Waals surface area contributed by atoms with E-state index in [2.05, 4.69) is 17.0 Å². The molecule has 0 saturated carbocycles. The summed E-state index contributed by atoms with van der Waals surface area (Å²) < 4.78 is 11.6. The first kappa shape index (κ1) is 21.2. The lowest BCUT2D eigenvalue weighted by atomic mass is 10.2. The fourth-order valence-electron chi connectivity index (χ4n) is 2.67. The maximum absolute atomic E-state index is 9.10. The Morgan fingerprint density at radius 3 is 1.89 bits per heavy atom. The molecular formula is C21H25NO6. The minimum absolute atomic E-state index is 0.593. The van der Waals surface area contributed by atoms with Gasteiger partial charge in [0.25, 0.3) is 0 Å². The summed E-state index contributed by atoms with van der Waals surface area (Å²) in [5.74, 6) is -1.87. The van der Waals surface area contributed by atoms with Gasteiger partial charge in [-0.3, -0.25) is 4.90 Å². The quantitative estimate of drug-likeness (QED) is 0.705. The van der Waals surface area contributed by atoms with Gasteiger partial charge >= 0.3 is 11.9 Å². The maximum Gasteiger partial charge on any atom is 0.414 e.